The van der Waals surface area contributed by atoms with Gasteiger partial charge in [-0.2, -0.15) is 0 Å². The van der Waals surface area contributed by atoms with Crippen LogP contribution in [-0.2, 0) is 6.42 Å². The Bertz CT molecular complexity index is 265. The molecule has 0 aliphatic carbocycles. The number of rotatable bonds is 3. The zero-order valence-corrected chi connectivity index (χ0v) is 7.38. The SMILES string of the molecule is NCCCc1cc(Cl)c(O)cn1. The molecule has 0 amide bonds. The zero-order valence-electron chi connectivity index (χ0n) is 6.63. The standard InChI is InChI=1S/C8H11ClN2O/c9-7-4-6(2-1-3-10)11-5-8(7)12/h4-5,12H,1-3,10H2. The Morgan fingerprint density at radius 1 is 1.58 bits per heavy atom. The number of hydrogen-bond donors (Lipinski definition) is 2. The number of aromatic nitrogens is 1. The summed E-state index contributed by atoms with van der Waals surface area (Å²) < 4.78 is 0. The summed E-state index contributed by atoms with van der Waals surface area (Å²) in [5, 5.41) is 9.39. The number of pyridine rings is 1. The van der Waals surface area contributed by atoms with Gasteiger partial charge in [0.15, 0.2) is 5.75 Å². The second-order valence-electron chi connectivity index (χ2n) is 2.52. The maximum absolute atomic E-state index is 9.05. The summed E-state index contributed by atoms with van der Waals surface area (Å²) >= 11 is 5.67. The summed E-state index contributed by atoms with van der Waals surface area (Å²) in [5.41, 5.74) is 6.20. The quantitative estimate of drug-likeness (QED) is 0.749. The third-order valence-electron chi connectivity index (χ3n) is 1.53. The van der Waals surface area contributed by atoms with E-state index >= 15 is 0 Å². The zero-order chi connectivity index (χ0) is 8.97. The Morgan fingerprint density at radius 3 is 2.92 bits per heavy atom. The van der Waals surface area contributed by atoms with E-state index in [1.165, 1.54) is 6.20 Å². The smallest absolute Gasteiger partial charge is 0.152 e. The molecule has 0 fully saturated rings. The molecule has 1 heterocycles. The first-order valence-electron chi connectivity index (χ1n) is 3.77. The molecule has 1 aromatic heterocycles. The molecule has 0 radical (unpaired) electrons. The van der Waals surface area contributed by atoms with Crippen LogP contribution in [0.25, 0.3) is 0 Å². The van der Waals surface area contributed by atoms with Crippen LogP contribution in [0.4, 0.5) is 0 Å². The monoisotopic (exact) mass is 186 g/mol. The van der Waals surface area contributed by atoms with Gasteiger partial charge in [0.05, 0.1) is 11.2 Å². The van der Waals surface area contributed by atoms with Gasteiger partial charge in [0, 0.05) is 5.69 Å². The average molecular weight is 187 g/mol. The molecule has 0 spiro atoms. The molecule has 0 aliphatic heterocycles. The Morgan fingerprint density at radius 2 is 2.33 bits per heavy atom. The highest BCUT2D eigenvalue weighted by Crippen LogP contribution is 2.21. The van der Waals surface area contributed by atoms with Gasteiger partial charge in [0.25, 0.3) is 0 Å². The van der Waals surface area contributed by atoms with Gasteiger partial charge in [-0.05, 0) is 25.5 Å². The van der Waals surface area contributed by atoms with Crippen LogP contribution in [0.5, 0.6) is 5.75 Å². The van der Waals surface area contributed by atoms with E-state index in [1.54, 1.807) is 6.07 Å². The lowest BCUT2D eigenvalue weighted by molar-refractivity contribution is 0.472. The average Bonchev–Trinajstić information content (AvgIpc) is 2.07. The van der Waals surface area contributed by atoms with Crippen molar-refractivity contribution in [2.75, 3.05) is 6.54 Å². The molecule has 0 aliphatic rings. The fourth-order valence-corrected chi connectivity index (χ4v) is 1.06. The summed E-state index contributed by atoms with van der Waals surface area (Å²) in [5.74, 6) is 0.0214. The second-order valence-corrected chi connectivity index (χ2v) is 2.93. The fraction of sp³-hybridized carbons (Fsp3) is 0.375. The van der Waals surface area contributed by atoms with Crippen molar-refractivity contribution in [1.82, 2.24) is 4.98 Å². The van der Waals surface area contributed by atoms with Gasteiger partial charge in [-0.25, -0.2) is 0 Å². The van der Waals surface area contributed by atoms with Crippen LogP contribution in [-0.4, -0.2) is 16.6 Å². The van der Waals surface area contributed by atoms with Crippen LogP contribution in [0.2, 0.25) is 5.02 Å². The lowest BCUT2D eigenvalue weighted by Crippen LogP contribution is -2.01. The molecular formula is C8H11ClN2O. The molecule has 1 aromatic rings. The maximum Gasteiger partial charge on any atom is 0.152 e. The minimum Gasteiger partial charge on any atom is -0.505 e. The highest BCUT2D eigenvalue weighted by molar-refractivity contribution is 6.31. The van der Waals surface area contributed by atoms with Crippen LogP contribution in [0, 0.1) is 0 Å². The highest BCUT2D eigenvalue weighted by atomic mass is 35.5. The first-order valence-corrected chi connectivity index (χ1v) is 4.15. The van der Waals surface area contributed by atoms with Crippen LogP contribution in [0.1, 0.15) is 12.1 Å². The van der Waals surface area contributed by atoms with Gasteiger partial charge in [0.2, 0.25) is 0 Å². The largest absolute Gasteiger partial charge is 0.505 e. The van der Waals surface area contributed by atoms with Crippen LogP contribution in [0.15, 0.2) is 12.3 Å². The molecule has 0 saturated heterocycles. The van der Waals surface area contributed by atoms with E-state index in [-0.39, 0.29) is 5.75 Å². The molecule has 0 saturated carbocycles. The molecule has 3 nitrogen and oxygen atoms in total. The van der Waals surface area contributed by atoms with Crippen LogP contribution < -0.4 is 5.73 Å². The second kappa shape index (κ2) is 4.28. The minimum atomic E-state index is 0.0214. The van der Waals surface area contributed by atoms with E-state index in [9.17, 15) is 0 Å². The molecule has 12 heavy (non-hydrogen) atoms. The molecular weight excluding hydrogens is 176 g/mol. The van der Waals surface area contributed by atoms with Crippen molar-refractivity contribution in [3.8, 4) is 5.75 Å². The normalized spacial score (nSPS) is 10.2. The summed E-state index contributed by atoms with van der Waals surface area (Å²) in [6.45, 7) is 0.639. The Labute approximate surface area is 76.2 Å². The van der Waals surface area contributed by atoms with Gasteiger partial charge in [-0.15, -0.1) is 0 Å². The topological polar surface area (TPSA) is 59.1 Å². The number of halogens is 1. The van der Waals surface area contributed by atoms with Crippen LogP contribution >= 0.6 is 11.6 Å². The number of hydrogen-bond acceptors (Lipinski definition) is 3. The lowest BCUT2D eigenvalue weighted by atomic mass is 10.2. The third-order valence-corrected chi connectivity index (χ3v) is 1.83. The summed E-state index contributed by atoms with van der Waals surface area (Å²) in [6, 6.07) is 1.66. The van der Waals surface area contributed by atoms with E-state index in [1.807, 2.05) is 0 Å². The number of aromatic hydroxyl groups is 1. The molecule has 0 atom stereocenters. The van der Waals surface area contributed by atoms with E-state index in [0.29, 0.717) is 11.6 Å². The molecule has 66 valence electrons. The van der Waals surface area contributed by atoms with Crippen molar-refractivity contribution >= 4 is 11.6 Å². The van der Waals surface area contributed by atoms with Crippen molar-refractivity contribution in [1.29, 1.82) is 0 Å². The summed E-state index contributed by atoms with van der Waals surface area (Å²) in [4.78, 5) is 3.99. The minimum absolute atomic E-state index is 0.0214. The Balaban J connectivity index is 2.69. The predicted molar refractivity (Wildman–Crippen MR) is 48.3 cm³/mol. The first-order chi connectivity index (χ1) is 5.74. The molecule has 0 bridgehead atoms. The van der Waals surface area contributed by atoms with Gasteiger partial charge in [0.1, 0.15) is 0 Å². The van der Waals surface area contributed by atoms with Crippen LogP contribution in [0.3, 0.4) is 0 Å². The van der Waals surface area contributed by atoms with Gasteiger partial charge >= 0.3 is 0 Å². The predicted octanol–water partition coefficient (Wildman–Crippen LogP) is 1.33. The number of nitrogens with zero attached hydrogens (tertiary/aromatic N) is 1. The lowest BCUT2D eigenvalue weighted by Gasteiger charge is -2.00. The van der Waals surface area contributed by atoms with Gasteiger partial charge < -0.3 is 10.8 Å². The number of aryl methyl sites for hydroxylation is 1. The molecule has 0 unspecified atom stereocenters. The van der Waals surface area contributed by atoms with Crippen molar-refractivity contribution < 1.29 is 5.11 Å². The highest BCUT2D eigenvalue weighted by Gasteiger charge is 2.00. The molecule has 3 N–H and O–H groups in total. The van der Waals surface area contributed by atoms with E-state index in [4.69, 9.17) is 22.4 Å². The molecule has 4 heteroatoms. The summed E-state index contributed by atoms with van der Waals surface area (Å²) in [7, 11) is 0. The fourth-order valence-electron chi connectivity index (χ4n) is 0.883. The first kappa shape index (κ1) is 9.29. The van der Waals surface area contributed by atoms with E-state index < -0.39 is 0 Å². The van der Waals surface area contributed by atoms with Crippen molar-refractivity contribution in [2.24, 2.45) is 5.73 Å². The van der Waals surface area contributed by atoms with Crippen molar-refractivity contribution in [2.45, 2.75) is 12.8 Å². The maximum atomic E-state index is 9.05. The van der Waals surface area contributed by atoms with Crippen molar-refractivity contribution in [3.05, 3.63) is 23.0 Å². The molecule has 1 rings (SSSR count). The van der Waals surface area contributed by atoms with Gasteiger partial charge in [-0.3, -0.25) is 4.98 Å². The molecule has 0 aromatic carbocycles. The van der Waals surface area contributed by atoms with E-state index in [0.717, 1.165) is 18.5 Å². The van der Waals surface area contributed by atoms with E-state index in [2.05, 4.69) is 4.98 Å². The number of nitrogens with two attached hydrogens (primary N) is 1. The Hall–Kier alpha value is -0.800. The van der Waals surface area contributed by atoms with Crippen molar-refractivity contribution in [3.63, 3.8) is 0 Å². The Kier molecular flexibility index (Phi) is 3.31. The summed E-state index contributed by atoms with van der Waals surface area (Å²) in [6.07, 6.45) is 3.04. The van der Waals surface area contributed by atoms with Gasteiger partial charge in [-0.1, -0.05) is 11.6 Å². The third kappa shape index (κ3) is 2.36.